The average molecular weight is 440 g/mol. The number of piperazine rings is 1. The molecule has 2 saturated heterocycles. The highest BCUT2D eigenvalue weighted by Gasteiger charge is 2.21. The van der Waals surface area contributed by atoms with Gasteiger partial charge in [-0.05, 0) is 56.3 Å². The summed E-state index contributed by atoms with van der Waals surface area (Å²) >= 11 is 0. The first-order valence-electron chi connectivity index (χ1n) is 11.0. The molecule has 2 aliphatic rings. The van der Waals surface area contributed by atoms with E-state index in [9.17, 15) is 8.42 Å². The Hall–Kier alpha value is -2.58. The molecule has 0 aliphatic carbocycles. The highest BCUT2D eigenvalue weighted by Crippen LogP contribution is 2.28. The van der Waals surface area contributed by atoms with Gasteiger partial charge in [0.15, 0.2) is 9.84 Å². The van der Waals surface area contributed by atoms with Crippen LogP contribution in [-0.2, 0) is 9.84 Å². The predicted octanol–water partition coefficient (Wildman–Crippen LogP) is 2.69. The van der Waals surface area contributed by atoms with Crippen LogP contribution < -0.4 is 15.1 Å². The van der Waals surface area contributed by atoms with Gasteiger partial charge in [-0.25, -0.2) is 13.4 Å². The van der Waals surface area contributed by atoms with Crippen molar-refractivity contribution in [1.82, 2.24) is 14.9 Å². The molecule has 1 aromatic carbocycles. The van der Waals surface area contributed by atoms with E-state index in [0.717, 1.165) is 63.6 Å². The van der Waals surface area contributed by atoms with Crippen LogP contribution in [0.3, 0.4) is 0 Å². The van der Waals surface area contributed by atoms with Gasteiger partial charge in [-0.1, -0.05) is 0 Å². The third kappa shape index (κ3) is 4.14. The molecule has 4 heterocycles. The SMILES string of the molecule is CS(=O)(=O)c1ccc(N2CCN(c3cc4c(ccn4C4CCNCC4)cn3)CC2)cc1. The van der Waals surface area contributed by atoms with Crippen LogP contribution in [0.2, 0.25) is 0 Å². The number of fused-ring (bicyclic) bond motifs is 1. The second-order valence-electron chi connectivity index (χ2n) is 8.55. The lowest BCUT2D eigenvalue weighted by molar-refractivity contribution is 0.376. The summed E-state index contributed by atoms with van der Waals surface area (Å²) < 4.78 is 25.8. The number of pyridine rings is 1. The molecule has 5 rings (SSSR count). The number of anilines is 2. The number of hydrogen-bond acceptors (Lipinski definition) is 6. The van der Waals surface area contributed by atoms with Gasteiger partial charge in [0.05, 0.1) is 10.4 Å². The van der Waals surface area contributed by atoms with E-state index in [4.69, 9.17) is 4.98 Å². The molecular formula is C23H29N5O2S. The lowest BCUT2D eigenvalue weighted by Gasteiger charge is -2.37. The van der Waals surface area contributed by atoms with Crippen LogP contribution in [0.5, 0.6) is 0 Å². The summed E-state index contributed by atoms with van der Waals surface area (Å²) in [5, 5.41) is 4.65. The summed E-state index contributed by atoms with van der Waals surface area (Å²) in [5.41, 5.74) is 2.34. The van der Waals surface area contributed by atoms with Crippen LogP contribution in [0.15, 0.2) is 53.7 Å². The van der Waals surface area contributed by atoms with Gasteiger partial charge >= 0.3 is 0 Å². The summed E-state index contributed by atoms with van der Waals surface area (Å²) in [4.78, 5) is 9.76. The molecule has 0 atom stereocenters. The lowest BCUT2D eigenvalue weighted by Crippen LogP contribution is -2.46. The fraction of sp³-hybridized carbons (Fsp3) is 0.435. The van der Waals surface area contributed by atoms with Crippen molar-refractivity contribution < 1.29 is 8.42 Å². The van der Waals surface area contributed by atoms with E-state index < -0.39 is 9.84 Å². The van der Waals surface area contributed by atoms with E-state index in [-0.39, 0.29) is 0 Å². The van der Waals surface area contributed by atoms with Crippen LogP contribution in [0.4, 0.5) is 11.5 Å². The molecular weight excluding hydrogens is 410 g/mol. The molecule has 0 saturated carbocycles. The molecule has 0 bridgehead atoms. The topological polar surface area (TPSA) is 70.5 Å². The van der Waals surface area contributed by atoms with Gasteiger partial charge in [0.2, 0.25) is 0 Å². The molecule has 164 valence electrons. The van der Waals surface area contributed by atoms with Crippen molar-refractivity contribution in [3.63, 3.8) is 0 Å². The van der Waals surface area contributed by atoms with Crippen molar-refractivity contribution >= 4 is 32.2 Å². The summed E-state index contributed by atoms with van der Waals surface area (Å²) in [7, 11) is -3.16. The third-order valence-corrected chi connectivity index (χ3v) is 7.65. The fourth-order valence-corrected chi connectivity index (χ4v) is 5.34. The highest BCUT2D eigenvalue weighted by molar-refractivity contribution is 7.90. The number of rotatable bonds is 4. The molecule has 0 spiro atoms. The van der Waals surface area contributed by atoms with E-state index in [0.29, 0.717) is 10.9 Å². The minimum absolute atomic E-state index is 0.365. The number of piperidine rings is 1. The first-order valence-corrected chi connectivity index (χ1v) is 12.9. The Labute approximate surface area is 183 Å². The van der Waals surface area contributed by atoms with Crippen LogP contribution in [-0.4, -0.2) is 63.5 Å². The summed E-state index contributed by atoms with van der Waals surface area (Å²) in [6.07, 6.45) is 7.78. The molecule has 31 heavy (non-hydrogen) atoms. The zero-order chi connectivity index (χ0) is 21.4. The Morgan fingerprint density at radius 1 is 0.968 bits per heavy atom. The number of hydrogen-bond donors (Lipinski definition) is 1. The standard InChI is InChI=1S/C23H29N5O2S/c1-31(29,30)21-4-2-19(3-5-21)26-12-14-27(15-13-26)23-16-22-18(17-25-23)8-11-28(22)20-6-9-24-10-7-20/h2-5,8,11,16-17,20,24H,6-7,9-10,12-15H2,1H3. The Bertz CT molecular complexity index is 1160. The van der Waals surface area contributed by atoms with E-state index in [1.54, 1.807) is 12.1 Å². The summed E-state index contributed by atoms with van der Waals surface area (Å²) in [6, 6.07) is 12.2. The minimum Gasteiger partial charge on any atom is -0.368 e. The second kappa shape index (κ2) is 8.16. The second-order valence-corrected chi connectivity index (χ2v) is 10.6. The van der Waals surface area contributed by atoms with Gasteiger partial charge in [0.25, 0.3) is 0 Å². The van der Waals surface area contributed by atoms with Gasteiger partial charge in [-0.2, -0.15) is 0 Å². The molecule has 0 radical (unpaired) electrons. The molecule has 8 heteroatoms. The van der Waals surface area contributed by atoms with Crippen molar-refractivity contribution in [2.45, 2.75) is 23.8 Å². The van der Waals surface area contributed by atoms with Gasteiger partial charge in [0.1, 0.15) is 5.82 Å². The lowest BCUT2D eigenvalue weighted by atomic mass is 10.1. The van der Waals surface area contributed by atoms with Gasteiger partial charge in [-0.3, -0.25) is 0 Å². The zero-order valence-electron chi connectivity index (χ0n) is 17.9. The number of nitrogens with one attached hydrogen (secondary N) is 1. The Kier molecular flexibility index (Phi) is 5.35. The quantitative estimate of drug-likeness (QED) is 0.674. The minimum atomic E-state index is -3.16. The Morgan fingerprint density at radius 3 is 2.32 bits per heavy atom. The molecule has 7 nitrogen and oxygen atoms in total. The molecule has 0 unspecified atom stereocenters. The number of nitrogens with zero attached hydrogens (tertiary/aromatic N) is 4. The molecule has 2 fully saturated rings. The molecule has 0 amide bonds. The number of sulfone groups is 1. The monoisotopic (exact) mass is 439 g/mol. The fourth-order valence-electron chi connectivity index (χ4n) is 4.71. The molecule has 2 aromatic heterocycles. The number of benzene rings is 1. The van der Waals surface area contributed by atoms with Crippen molar-refractivity contribution in [2.75, 3.05) is 55.3 Å². The first-order chi connectivity index (χ1) is 15.0. The van der Waals surface area contributed by atoms with Crippen molar-refractivity contribution in [1.29, 1.82) is 0 Å². The van der Waals surface area contributed by atoms with Gasteiger partial charge in [-0.15, -0.1) is 0 Å². The maximum atomic E-state index is 11.7. The maximum Gasteiger partial charge on any atom is 0.175 e. The Balaban J connectivity index is 1.30. The van der Waals surface area contributed by atoms with Crippen LogP contribution >= 0.6 is 0 Å². The molecule has 3 aromatic rings. The normalized spacial score (nSPS) is 18.6. The van der Waals surface area contributed by atoms with E-state index in [2.05, 4.69) is 38.0 Å². The maximum absolute atomic E-state index is 11.7. The summed E-state index contributed by atoms with van der Waals surface area (Å²) in [5.74, 6) is 1.04. The smallest absolute Gasteiger partial charge is 0.175 e. The van der Waals surface area contributed by atoms with Crippen molar-refractivity contribution in [3.8, 4) is 0 Å². The molecule has 2 aliphatic heterocycles. The van der Waals surface area contributed by atoms with Crippen LogP contribution in [0, 0.1) is 0 Å². The zero-order valence-corrected chi connectivity index (χ0v) is 18.7. The van der Waals surface area contributed by atoms with E-state index >= 15 is 0 Å². The third-order valence-electron chi connectivity index (χ3n) is 6.53. The van der Waals surface area contributed by atoms with Crippen LogP contribution in [0.1, 0.15) is 18.9 Å². The van der Waals surface area contributed by atoms with Gasteiger partial charge < -0.3 is 19.7 Å². The van der Waals surface area contributed by atoms with E-state index in [1.165, 1.54) is 17.2 Å². The largest absolute Gasteiger partial charge is 0.368 e. The van der Waals surface area contributed by atoms with E-state index in [1.807, 2.05) is 18.3 Å². The van der Waals surface area contributed by atoms with Crippen molar-refractivity contribution in [3.05, 3.63) is 48.8 Å². The number of aromatic nitrogens is 2. The van der Waals surface area contributed by atoms with Gasteiger partial charge in [0, 0.05) is 68.0 Å². The van der Waals surface area contributed by atoms with Crippen molar-refractivity contribution in [2.24, 2.45) is 0 Å². The Morgan fingerprint density at radius 2 is 1.65 bits per heavy atom. The first kappa shape index (κ1) is 20.3. The van der Waals surface area contributed by atoms with Crippen LogP contribution in [0.25, 0.3) is 10.9 Å². The predicted molar refractivity (Wildman–Crippen MR) is 125 cm³/mol. The average Bonchev–Trinajstić information content (AvgIpc) is 3.23. The summed E-state index contributed by atoms with van der Waals surface area (Å²) in [6.45, 7) is 5.70. The molecule has 1 N–H and O–H groups in total. The highest BCUT2D eigenvalue weighted by atomic mass is 32.2.